The molecule has 0 radical (unpaired) electrons. The number of fused-ring (bicyclic) bond motifs is 1. The van der Waals surface area contributed by atoms with Crippen molar-refractivity contribution in [3.63, 3.8) is 0 Å². The van der Waals surface area contributed by atoms with Crippen molar-refractivity contribution in [1.82, 2.24) is 4.90 Å². The largest absolute Gasteiger partial charge is 0.492 e. The lowest BCUT2D eigenvalue weighted by atomic mass is 10.0. The van der Waals surface area contributed by atoms with Crippen LogP contribution in [0, 0.1) is 10.1 Å². The van der Waals surface area contributed by atoms with E-state index >= 15 is 0 Å². The Kier molecular flexibility index (Phi) is 5.58. The van der Waals surface area contributed by atoms with Gasteiger partial charge in [0.15, 0.2) is 0 Å². The summed E-state index contributed by atoms with van der Waals surface area (Å²) in [5, 5.41) is 15.5. The van der Waals surface area contributed by atoms with Crippen LogP contribution < -0.4 is 10.1 Å². The fourth-order valence-corrected chi connectivity index (χ4v) is 4.20. The Morgan fingerprint density at radius 3 is 2.76 bits per heavy atom. The predicted molar refractivity (Wildman–Crippen MR) is 111 cm³/mol. The Morgan fingerprint density at radius 1 is 1.21 bits per heavy atom. The van der Waals surface area contributed by atoms with Crippen molar-refractivity contribution < 1.29 is 14.5 Å². The summed E-state index contributed by atoms with van der Waals surface area (Å²) >= 11 is 6.30. The van der Waals surface area contributed by atoms with E-state index in [1.54, 1.807) is 23.1 Å². The van der Waals surface area contributed by atoms with Crippen molar-refractivity contribution >= 4 is 28.9 Å². The summed E-state index contributed by atoms with van der Waals surface area (Å²) in [6, 6.07) is 10.2. The molecule has 0 aromatic heterocycles. The van der Waals surface area contributed by atoms with Crippen molar-refractivity contribution in [2.24, 2.45) is 0 Å². The summed E-state index contributed by atoms with van der Waals surface area (Å²) < 4.78 is 5.81. The van der Waals surface area contributed by atoms with Gasteiger partial charge >= 0.3 is 0 Å². The van der Waals surface area contributed by atoms with Crippen molar-refractivity contribution in [3.8, 4) is 5.75 Å². The average Bonchev–Trinajstić information content (AvgIpc) is 3.17. The molecule has 1 amide bonds. The first-order chi connectivity index (χ1) is 14.0. The van der Waals surface area contributed by atoms with E-state index in [0.29, 0.717) is 36.2 Å². The third kappa shape index (κ3) is 4.00. The number of likely N-dealkylation sites (tertiary alicyclic amines) is 1. The zero-order valence-corrected chi connectivity index (χ0v) is 16.7. The molecule has 1 N–H and O–H groups in total. The quantitative estimate of drug-likeness (QED) is 0.572. The number of rotatable bonds is 4. The number of halogens is 1. The Bertz CT molecular complexity index is 944. The van der Waals surface area contributed by atoms with Crippen molar-refractivity contribution in [2.45, 2.75) is 31.7 Å². The number of anilines is 1. The molecule has 0 saturated carbocycles. The molecular weight excluding hydrogens is 394 g/mol. The number of benzene rings is 2. The van der Waals surface area contributed by atoms with Crippen LogP contribution >= 0.6 is 11.6 Å². The van der Waals surface area contributed by atoms with E-state index in [1.807, 2.05) is 12.1 Å². The number of carbonyl (C=O) groups excluding carboxylic acids is 1. The molecule has 2 heterocycles. The van der Waals surface area contributed by atoms with Gasteiger partial charge in [-0.2, -0.15) is 0 Å². The molecule has 0 aliphatic carbocycles. The number of hydrogen-bond acceptors (Lipinski definition) is 5. The molecular formula is C21H22ClN3O4. The van der Waals surface area contributed by atoms with Crippen molar-refractivity contribution in [1.29, 1.82) is 0 Å². The zero-order valence-electron chi connectivity index (χ0n) is 15.9. The van der Waals surface area contributed by atoms with Gasteiger partial charge in [0.1, 0.15) is 11.3 Å². The maximum absolute atomic E-state index is 12.9. The molecule has 1 saturated heterocycles. The molecule has 1 atom stereocenters. The maximum atomic E-state index is 12.9. The molecule has 29 heavy (non-hydrogen) atoms. The van der Waals surface area contributed by atoms with Crippen molar-refractivity contribution in [2.75, 3.05) is 25.0 Å². The standard InChI is InChI=1S/C21H22ClN3O4/c22-17-6-3-5-15-18(7-4-12-29-20(15)17)23-14-8-9-19(25(27)28)16(13-14)21(26)24-10-1-2-11-24/h3,5-6,8-9,13,18,23H,1-2,4,7,10-12H2. The lowest BCUT2D eigenvalue weighted by molar-refractivity contribution is -0.385. The second-order valence-electron chi connectivity index (χ2n) is 7.33. The lowest BCUT2D eigenvalue weighted by Gasteiger charge is -2.21. The van der Waals surface area contributed by atoms with Gasteiger partial charge in [-0.15, -0.1) is 0 Å². The summed E-state index contributed by atoms with van der Waals surface area (Å²) in [6.45, 7) is 1.85. The summed E-state index contributed by atoms with van der Waals surface area (Å²) in [6.07, 6.45) is 3.52. The van der Waals surface area contributed by atoms with E-state index in [9.17, 15) is 14.9 Å². The van der Waals surface area contributed by atoms with Crippen LogP contribution in [0.1, 0.15) is 47.6 Å². The third-order valence-electron chi connectivity index (χ3n) is 5.41. The van der Waals surface area contributed by atoms with Gasteiger partial charge in [-0.05, 0) is 43.9 Å². The highest BCUT2D eigenvalue weighted by Crippen LogP contribution is 2.39. The zero-order chi connectivity index (χ0) is 20.4. The molecule has 2 aliphatic rings. The molecule has 1 unspecified atom stereocenters. The smallest absolute Gasteiger partial charge is 0.282 e. The summed E-state index contributed by atoms with van der Waals surface area (Å²) in [7, 11) is 0. The first kappa shape index (κ1) is 19.5. The number of nitrogens with one attached hydrogen (secondary N) is 1. The van der Waals surface area contributed by atoms with Gasteiger partial charge in [0, 0.05) is 30.4 Å². The highest BCUT2D eigenvalue weighted by atomic mass is 35.5. The molecule has 8 heteroatoms. The molecule has 2 aromatic carbocycles. The molecule has 0 spiro atoms. The van der Waals surface area contributed by atoms with Crippen LogP contribution in [0.25, 0.3) is 0 Å². The normalized spacial score (nSPS) is 18.5. The predicted octanol–water partition coefficient (Wildman–Crippen LogP) is 4.81. The minimum absolute atomic E-state index is 0.0672. The van der Waals surface area contributed by atoms with Crippen LogP contribution in [0.5, 0.6) is 5.75 Å². The highest BCUT2D eigenvalue weighted by Gasteiger charge is 2.28. The van der Waals surface area contributed by atoms with Gasteiger partial charge in [-0.25, -0.2) is 0 Å². The van der Waals surface area contributed by atoms with E-state index in [-0.39, 0.29) is 23.2 Å². The van der Waals surface area contributed by atoms with Gasteiger partial charge < -0.3 is 15.0 Å². The minimum atomic E-state index is -0.498. The Hall–Kier alpha value is -2.80. The lowest BCUT2D eigenvalue weighted by Crippen LogP contribution is -2.28. The summed E-state index contributed by atoms with van der Waals surface area (Å²) in [5.41, 5.74) is 1.56. The van der Waals surface area contributed by atoms with E-state index in [1.165, 1.54) is 6.07 Å². The fourth-order valence-electron chi connectivity index (χ4n) is 3.97. The number of nitro benzene ring substituents is 1. The topological polar surface area (TPSA) is 84.7 Å². The summed E-state index contributed by atoms with van der Waals surface area (Å²) in [5.74, 6) is 0.380. The third-order valence-corrected chi connectivity index (χ3v) is 5.71. The SMILES string of the molecule is O=C(c1cc(NC2CCCOc3c(Cl)cccc32)ccc1[N+](=O)[O-])N1CCCC1. The monoisotopic (exact) mass is 415 g/mol. The number of nitrogens with zero attached hydrogens (tertiary/aromatic N) is 2. The molecule has 4 rings (SSSR count). The number of hydrogen-bond donors (Lipinski definition) is 1. The van der Waals surface area contributed by atoms with E-state index < -0.39 is 4.92 Å². The van der Waals surface area contributed by atoms with Gasteiger partial charge in [0.25, 0.3) is 11.6 Å². The minimum Gasteiger partial charge on any atom is -0.492 e. The van der Waals surface area contributed by atoms with Crippen LogP contribution in [0.15, 0.2) is 36.4 Å². The van der Waals surface area contributed by atoms with Crippen LogP contribution in [0.4, 0.5) is 11.4 Å². The second-order valence-corrected chi connectivity index (χ2v) is 7.74. The fraction of sp³-hybridized carbons (Fsp3) is 0.381. The number of carbonyl (C=O) groups is 1. The number of para-hydroxylation sites is 1. The first-order valence-electron chi connectivity index (χ1n) is 9.80. The Morgan fingerprint density at radius 2 is 2.00 bits per heavy atom. The van der Waals surface area contributed by atoms with E-state index in [4.69, 9.17) is 16.3 Å². The highest BCUT2D eigenvalue weighted by molar-refractivity contribution is 6.32. The maximum Gasteiger partial charge on any atom is 0.282 e. The van der Waals surface area contributed by atoms with Gasteiger partial charge in [0.05, 0.1) is 22.6 Å². The molecule has 1 fully saturated rings. The Labute approximate surface area is 173 Å². The number of nitro groups is 1. The first-order valence-corrected chi connectivity index (χ1v) is 10.2. The average molecular weight is 416 g/mol. The van der Waals surface area contributed by atoms with Crippen LogP contribution in [0.3, 0.4) is 0 Å². The van der Waals surface area contributed by atoms with Crippen LogP contribution in [-0.2, 0) is 0 Å². The second kappa shape index (κ2) is 8.29. The van der Waals surface area contributed by atoms with E-state index in [0.717, 1.165) is 31.2 Å². The van der Waals surface area contributed by atoms with Gasteiger partial charge in [-0.3, -0.25) is 14.9 Å². The number of amides is 1. The van der Waals surface area contributed by atoms with Crippen LogP contribution in [0.2, 0.25) is 5.02 Å². The Balaban J connectivity index is 1.66. The van der Waals surface area contributed by atoms with Gasteiger partial charge in [-0.1, -0.05) is 23.7 Å². The molecule has 2 aliphatic heterocycles. The van der Waals surface area contributed by atoms with Gasteiger partial charge in [0.2, 0.25) is 0 Å². The molecule has 152 valence electrons. The number of ether oxygens (including phenoxy) is 1. The molecule has 0 bridgehead atoms. The van der Waals surface area contributed by atoms with E-state index in [2.05, 4.69) is 5.32 Å². The molecule has 2 aromatic rings. The summed E-state index contributed by atoms with van der Waals surface area (Å²) in [4.78, 5) is 25.5. The van der Waals surface area contributed by atoms with Crippen molar-refractivity contribution in [3.05, 3.63) is 62.7 Å². The molecule has 7 nitrogen and oxygen atoms in total. The van der Waals surface area contributed by atoms with Crippen LogP contribution in [-0.4, -0.2) is 35.4 Å².